The molecule has 3 nitrogen and oxygen atoms in total. The van der Waals surface area contributed by atoms with Gasteiger partial charge in [-0.3, -0.25) is 0 Å². The standard InChI is InChI=1S/C19H23NO2S/c1-15-8-10-19(11-9-15)23(21,22)20-14-16(2)12-18(20)13-17-6-4-3-5-7-17/h3-11,16,18H,12-14H2,1-2H3/t16-,18+/m0/s1. The van der Waals surface area contributed by atoms with Crippen molar-refractivity contribution in [3.8, 4) is 0 Å². The van der Waals surface area contributed by atoms with Crippen molar-refractivity contribution in [2.24, 2.45) is 5.92 Å². The highest BCUT2D eigenvalue weighted by molar-refractivity contribution is 7.89. The minimum absolute atomic E-state index is 0.0405. The molecule has 0 N–H and O–H groups in total. The Balaban J connectivity index is 1.88. The van der Waals surface area contributed by atoms with Gasteiger partial charge in [0.1, 0.15) is 0 Å². The highest BCUT2D eigenvalue weighted by Crippen LogP contribution is 2.31. The van der Waals surface area contributed by atoms with Crippen molar-refractivity contribution in [1.29, 1.82) is 0 Å². The van der Waals surface area contributed by atoms with Gasteiger partial charge in [-0.1, -0.05) is 55.0 Å². The number of hydrogen-bond acceptors (Lipinski definition) is 2. The van der Waals surface area contributed by atoms with E-state index in [1.165, 1.54) is 5.56 Å². The first-order chi connectivity index (χ1) is 11.0. The first kappa shape index (κ1) is 16.2. The molecule has 0 aromatic heterocycles. The normalized spacial score (nSPS) is 22.3. The van der Waals surface area contributed by atoms with Crippen molar-refractivity contribution >= 4 is 10.0 Å². The van der Waals surface area contributed by atoms with Crippen molar-refractivity contribution in [3.05, 3.63) is 65.7 Å². The van der Waals surface area contributed by atoms with E-state index in [1.807, 2.05) is 37.3 Å². The van der Waals surface area contributed by atoms with Crippen LogP contribution in [0.25, 0.3) is 0 Å². The largest absolute Gasteiger partial charge is 0.243 e. The van der Waals surface area contributed by atoms with Gasteiger partial charge in [0.05, 0.1) is 4.90 Å². The Morgan fingerprint density at radius 3 is 2.35 bits per heavy atom. The number of aryl methyl sites for hydroxylation is 1. The van der Waals surface area contributed by atoms with Gasteiger partial charge in [0.25, 0.3) is 0 Å². The maximum Gasteiger partial charge on any atom is 0.243 e. The van der Waals surface area contributed by atoms with Gasteiger partial charge < -0.3 is 0 Å². The second-order valence-corrected chi connectivity index (χ2v) is 8.46. The molecule has 4 heteroatoms. The average Bonchev–Trinajstić information content (AvgIpc) is 2.90. The van der Waals surface area contributed by atoms with E-state index in [1.54, 1.807) is 16.4 Å². The summed E-state index contributed by atoms with van der Waals surface area (Å²) in [5.41, 5.74) is 2.26. The zero-order valence-electron chi connectivity index (χ0n) is 13.6. The Labute approximate surface area is 139 Å². The van der Waals surface area contributed by atoms with Crippen molar-refractivity contribution < 1.29 is 8.42 Å². The van der Waals surface area contributed by atoms with E-state index in [4.69, 9.17) is 0 Å². The molecular formula is C19H23NO2S. The lowest BCUT2D eigenvalue weighted by Crippen LogP contribution is -2.37. The van der Waals surface area contributed by atoms with Crippen LogP contribution in [0.3, 0.4) is 0 Å². The Morgan fingerprint density at radius 2 is 1.70 bits per heavy atom. The van der Waals surface area contributed by atoms with Gasteiger partial charge >= 0.3 is 0 Å². The predicted molar refractivity (Wildman–Crippen MR) is 92.8 cm³/mol. The fourth-order valence-corrected chi connectivity index (χ4v) is 5.08. The quantitative estimate of drug-likeness (QED) is 0.859. The lowest BCUT2D eigenvalue weighted by atomic mass is 10.0. The number of benzene rings is 2. The van der Waals surface area contributed by atoms with E-state index in [-0.39, 0.29) is 6.04 Å². The Morgan fingerprint density at radius 1 is 1.04 bits per heavy atom. The van der Waals surface area contributed by atoms with Crippen molar-refractivity contribution in [1.82, 2.24) is 4.31 Å². The Hall–Kier alpha value is -1.65. The monoisotopic (exact) mass is 329 g/mol. The molecule has 0 bridgehead atoms. The van der Waals surface area contributed by atoms with Crippen LogP contribution in [0.5, 0.6) is 0 Å². The van der Waals surface area contributed by atoms with E-state index in [0.29, 0.717) is 17.4 Å². The molecule has 1 saturated heterocycles. The third-order valence-corrected chi connectivity index (χ3v) is 6.45. The summed E-state index contributed by atoms with van der Waals surface area (Å²) in [5, 5.41) is 0. The fraction of sp³-hybridized carbons (Fsp3) is 0.368. The number of nitrogens with zero attached hydrogens (tertiary/aromatic N) is 1. The van der Waals surface area contributed by atoms with E-state index in [9.17, 15) is 8.42 Å². The zero-order valence-corrected chi connectivity index (χ0v) is 14.5. The Bertz CT molecular complexity index is 754. The molecule has 1 heterocycles. The summed E-state index contributed by atoms with van der Waals surface area (Å²) >= 11 is 0. The van der Waals surface area contributed by atoms with Gasteiger partial charge in [-0.15, -0.1) is 0 Å². The first-order valence-electron chi connectivity index (χ1n) is 8.09. The number of hydrogen-bond donors (Lipinski definition) is 0. The molecular weight excluding hydrogens is 306 g/mol. The number of sulfonamides is 1. The van der Waals surface area contributed by atoms with Crippen LogP contribution in [0.15, 0.2) is 59.5 Å². The van der Waals surface area contributed by atoms with Gasteiger partial charge in [-0.2, -0.15) is 4.31 Å². The van der Waals surface area contributed by atoms with Crippen molar-refractivity contribution in [2.45, 2.75) is 37.6 Å². The second kappa shape index (κ2) is 6.46. The van der Waals surface area contributed by atoms with Crippen LogP contribution >= 0.6 is 0 Å². The average molecular weight is 329 g/mol. The third-order valence-electron chi connectivity index (χ3n) is 4.52. The maximum absolute atomic E-state index is 13.0. The van der Waals surface area contributed by atoms with Gasteiger partial charge in [0.2, 0.25) is 10.0 Å². The summed E-state index contributed by atoms with van der Waals surface area (Å²) < 4.78 is 27.7. The summed E-state index contributed by atoms with van der Waals surface area (Å²) in [6.07, 6.45) is 1.69. The summed E-state index contributed by atoms with van der Waals surface area (Å²) in [7, 11) is -3.42. The van der Waals surface area contributed by atoms with Gasteiger partial charge in [0, 0.05) is 12.6 Å². The molecule has 0 radical (unpaired) electrons. The molecule has 122 valence electrons. The Kier molecular flexibility index (Phi) is 4.55. The van der Waals surface area contributed by atoms with Crippen molar-refractivity contribution in [3.63, 3.8) is 0 Å². The van der Waals surface area contributed by atoms with E-state index < -0.39 is 10.0 Å². The van der Waals surface area contributed by atoms with Crippen LogP contribution < -0.4 is 0 Å². The summed E-state index contributed by atoms with van der Waals surface area (Å²) in [6, 6.07) is 17.3. The molecule has 3 rings (SSSR count). The van der Waals surface area contributed by atoms with Gasteiger partial charge in [0.15, 0.2) is 0 Å². The van der Waals surface area contributed by atoms with E-state index in [2.05, 4.69) is 19.1 Å². The topological polar surface area (TPSA) is 37.4 Å². The fourth-order valence-electron chi connectivity index (χ4n) is 3.32. The molecule has 1 aliphatic heterocycles. The minimum Gasteiger partial charge on any atom is -0.207 e. The maximum atomic E-state index is 13.0. The van der Waals surface area contributed by atoms with Gasteiger partial charge in [-0.05, 0) is 43.4 Å². The van der Waals surface area contributed by atoms with Crippen LogP contribution in [0.4, 0.5) is 0 Å². The minimum atomic E-state index is -3.42. The highest BCUT2D eigenvalue weighted by atomic mass is 32.2. The summed E-state index contributed by atoms with van der Waals surface area (Å²) in [6.45, 7) is 4.70. The molecule has 0 amide bonds. The molecule has 0 aliphatic carbocycles. The zero-order chi connectivity index (χ0) is 16.4. The SMILES string of the molecule is Cc1ccc(S(=O)(=O)N2C[C@@H](C)C[C@@H]2Cc2ccccc2)cc1. The van der Waals surface area contributed by atoms with E-state index >= 15 is 0 Å². The molecule has 0 spiro atoms. The van der Waals surface area contributed by atoms with Gasteiger partial charge in [-0.25, -0.2) is 8.42 Å². The molecule has 1 aliphatic rings. The summed E-state index contributed by atoms with van der Waals surface area (Å²) in [5.74, 6) is 0.393. The molecule has 2 aromatic rings. The van der Waals surface area contributed by atoms with Crippen molar-refractivity contribution in [2.75, 3.05) is 6.54 Å². The molecule has 0 unspecified atom stereocenters. The van der Waals surface area contributed by atoms with Crippen LogP contribution in [0.1, 0.15) is 24.5 Å². The van der Waals surface area contributed by atoms with Crippen LogP contribution in [0.2, 0.25) is 0 Å². The van der Waals surface area contributed by atoms with Crippen LogP contribution in [0, 0.1) is 12.8 Å². The first-order valence-corrected chi connectivity index (χ1v) is 9.53. The van der Waals surface area contributed by atoms with Crippen LogP contribution in [-0.4, -0.2) is 25.3 Å². The molecule has 2 atom stereocenters. The molecule has 23 heavy (non-hydrogen) atoms. The van der Waals surface area contributed by atoms with Crippen LogP contribution in [-0.2, 0) is 16.4 Å². The second-order valence-electron chi connectivity index (χ2n) is 6.57. The number of rotatable bonds is 4. The predicted octanol–water partition coefficient (Wildman–Crippen LogP) is 3.64. The smallest absolute Gasteiger partial charge is 0.207 e. The highest BCUT2D eigenvalue weighted by Gasteiger charge is 2.38. The molecule has 1 fully saturated rings. The molecule has 2 aromatic carbocycles. The van der Waals surface area contributed by atoms with E-state index in [0.717, 1.165) is 18.4 Å². The molecule has 0 saturated carbocycles. The summed E-state index contributed by atoms with van der Waals surface area (Å²) in [4.78, 5) is 0.398. The lowest BCUT2D eigenvalue weighted by Gasteiger charge is -2.24. The third kappa shape index (κ3) is 3.48. The lowest BCUT2D eigenvalue weighted by molar-refractivity contribution is 0.384.